The Hall–Kier alpha value is -4.20. The van der Waals surface area contributed by atoms with Crippen LogP contribution in [-0.2, 0) is 9.59 Å². The van der Waals surface area contributed by atoms with Crippen molar-refractivity contribution < 1.29 is 24.9 Å². The number of allylic oxidation sites excluding steroid dienone is 2. The maximum atomic E-state index is 13.9. The van der Waals surface area contributed by atoms with Gasteiger partial charge in [0.2, 0.25) is 11.8 Å². The minimum Gasteiger partial charge on any atom is -0.508 e. The first-order valence-electron chi connectivity index (χ1n) is 15.1. The molecule has 1 aliphatic carbocycles. The number of aromatic hydroxyl groups is 1. The number of hydrogen-bond acceptors (Lipinski definition) is 6. The number of nitrogens with zero attached hydrogens (tertiary/aromatic N) is 1. The first kappa shape index (κ1) is 30.3. The molecule has 0 bridgehead atoms. The van der Waals surface area contributed by atoms with Gasteiger partial charge in [-0.2, -0.15) is 0 Å². The Kier molecular flexibility index (Phi) is 9.43. The van der Waals surface area contributed by atoms with Gasteiger partial charge in [0.15, 0.2) is 0 Å². The molecule has 3 aromatic carbocycles. The van der Waals surface area contributed by atoms with E-state index < -0.39 is 23.9 Å². The van der Waals surface area contributed by atoms with Gasteiger partial charge in [0.25, 0.3) is 0 Å². The third-order valence-corrected chi connectivity index (χ3v) is 8.57. The number of benzene rings is 3. The van der Waals surface area contributed by atoms with Crippen molar-refractivity contribution in [2.45, 2.75) is 52.1 Å². The van der Waals surface area contributed by atoms with Crippen molar-refractivity contribution >= 4 is 35.0 Å². The van der Waals surface area contributed by atoms with Crippen LogP contribution in [0.2, 0.25) is 0 Å². The molecule has 1 saturated heterocycles. The van der Waals surface area contributed by atoms with Gasteiger partial charge in [-0.05, 0) is 92.3 Å². The highest BCUT2D eigenvalue weighted by atomic mass is 16.3. The number of nitrogens with one attached hydrogen (secondary N) is 1. The number of anilines is 3. The van der Waals surface area contributed by atoms with Gasteiger partial charge in [0.05, 0.1) is 30.2 Å². The van der Waals surface area contributed by atoms with E-state index in [-0.39, 0.29) is 24.2 Å². The van der Waals surface area contributed by atoms with Gasteiger partial charge in [-0.3, -0.25) is 14.5 Å². The predicted molar refractivity (Wildman–Crippen MR) is 170 cm³/mol. The summed E-state index contributed by atoms with van der Waals surface area (Å²) in [5.41, 5.74) is 5.91. The molecule has 2 aliphatic rings. The number of para-hydroxylation sites is 1. The van der Waals surface area contributed by atoms with E-state index in [1.54, 1.807) is 30.3 Å². The van der Waals surface area contributed by atoms with Crippen LogP contribution < -0.4 is 10.2 Å². The Bertz CT molecular complexity index is 1510. The van der Waals surface area contributed by atoms with E-state index in [1.165, 1.54) is 4.90 Å². The van der Waals surface area contributed by atoms with E-state index in [4.69, 9.17) is 0 Å². The van der Waals surface area contributed by atoms with Crippen molar-refractivity contribution in [2.24, 2.45) is 17.8 Å². The maximum absolute atomic E-state index is 13.9. The summed E-state index contributed by atoms with van der Waals surface area (Å²) in [6, 6.07) is 24.0. The molecule has 224 valence electrons. The van der Waals surface area contributed by atoms with Crippen molar-refractivity contribution in [2.75, 3.05) is 16.8 Å². The van der Waals surface area contributed by atoms with E-state index in [0.717, 1.165) is 40.1 Å². The topological polar surface area (TPSA) is 110 Å². The van der Waals surface area contributed by atoms with Gasteiger partial charge in [0.1, 0.15) is 5.75 Å². The molecule has 4 atom stereocenters. The normalized spacial score (nSPS) is 21.3. The minimum atomic E-state index is -0.840. The number of carbonyl (C=O) groups excluding carboxylic acids is 2. The summed E-state index contributed by atoms with van der Waals surface area (Å²) in [7, 11) is 0. The molecule has 0 spiro atoms. The van der Waals surface area contributed by atoms with Gasteiger partial charge in [-0.25, -0.2) is 0 Å². The van der Waals surface area contributed by atoms with Crippen LogP contribution in [0.3, 0.4) is 0 Å². The summed E-state index contributed by atoms with van der Waals surface area (Å²) in [4.78, 5) is 28.9. The van der Waals surface area contributed by atoms with Gasteiger partial charge in [-0.15, -0.1) is 0 Å². The third-order valence-electron chi connectivity index (χ3n) is 8.57. The fraction of sp³-hybridized carbons (Fsp3) is 0.333. The van der Waals surface area contributed by atoms with Crippen LogP contribution in [0.5, 0.6) is 5.75 Å². The molecule has 1 heterocycles. The van der Waals surface area contributed by atoms with Gasteiger partial charge in [0, 0.05) is 17.3 Å². The Balaban J connectivity index is 1.35. The van der Waals surface area contributed by atoms with Crippen LogP contribution in [-0.4, -0.2) is 39.8 Å². The van der Waals surface area contributed by atoms with Gasteiger partial charge < -0.3 is 20.6 Å². The number of amides is 2. The molecular weight excluding hydrogens is 540 g/mol. The van der Waals surface area contributed by atoms with Crippen LogP contribution in [0.25, 0.3) is 6.08 Å². The average molecular weight is 581 g/mol. The third kappa shape index (κ3) is 6.58. The number of imide groups is 1. The zero-order chi connectivity index (χ0) is 30.5. The molecule has 0 aromatic heterocycles. The molecule has 43 heavy (non-hydrogen) atoms. The molecule has 0 unspecified atom stereocenters. The molecule has 1 aliphatic heterocycles. The number of hydrogen-bond donors (Lipinski definition) is 4. The fourth-order valence-electron chi connectivity index (χ4n) is 6.63. The summed E-state index contributed by atoms with van der Waals surface area (Å²) in [6.07, 6.45) is 4.12. The van der Waals surface area contributed by atoms with E-state index in [0.29, 0.717) is 31.4 Å². The van der Waals surface area contributed by atoms with Crippen LogP contribution in [0.1, 0.15) is 51.5 Å². The number of carbonyl (C=O) groups is 2. The highest BCUT2D eigenvalue weighted by Crippen LogP contribution is 2.48. The largest absolute Gasteiger partial charge is 0.508 e. The van der Waals surface area contributed by atoms with E-state index in [1.807, 2.05) is 61.5 Å². The highest BCUT2D eigenvalue weighted by molar-refractivity contribution is 6.22. The second-order valence-corrected chi connectivity index (χ2v) is 11.6. The molecule has 0 radical (unpaired) electrons. The SMILES string of the molecule is CCCC1=C([C@H](O)CC/C(C)=C/c2cccc(O)c2)[C@H](CO)[C@@H]2C(=O)N(c3ccc(Nc4ccccc4)cc3)C(=O)[C@@H]2C1. The first-order valence-corrected chi connectivity index (χ1v) is 15.1. The second kappa shape index (κ2) is 13.4. The lowest BCUT2D eigenvalue weighted by Crippen LogP contribution is -2.39. The number of rotatable bonds is 11. The van der Waals surface area contributed by atoms with Crippen molar-refractivity contribution in [1.29, 1.82) is 0 Å². The summed E-state index contributed by atoms with van der Waals surface area (Å²) in [5, 5.41) is 35.2. The van der Waals surface area contributed by atoms with Crippen LogP contribution in [0.15, 0.2) is 95.6 Å². The summed E-state index contributed by atoms with van der Waals surface area (Å²) in [5.74, 6) is -2.26. The number of fused-ring (bicyclic) bond motifs is 1. The van der Waals surface area contributed by atoms with Crippen LogP contribution >= 0.6 is 0 Å². The number of phenolic OH excluding ortho intramolecular Hbond substituents is 1. The maximum Gasteiger partial charge on any atom is 0.238 e. The molecular formula is C36H40N2O5. The van der Waals surface area contributed by atoms with Crippen molar-refractivity contribution in [3.8, 4) is 5.75 Å². The van der Waals surface area contributed by atoms with Gasteiger partial charge >= 0.3 is 0 Å². The first-order chi connectivity index (χ1) is 20.8. The molecule has 3 aromatic rings. The Morgan fingerprint density at radius 1 is 1.00 bits per heavy atom. The smallest absolute Gasteiger partial charge is 0.238 e. The summed E-state index contributed by atoms with van der Waals surface area (Å²) < 4.78 is 0. The monoisotopic (exact) mass is 580 g/mol. The molecule has 7 heteroatoms. The molecule has 0 saturated carbocycles. The molecule has 4 N–H and O–H groups in total. The van der Waals surface area contributed by atoms with Crippen LogP contribution in [0.4, 0.5) is 17.1 Å². The molecule has 5 rings (SSSR count). The lowest BCUT2D eigenvalue weighted by Gasteiger charge is -2.36. The highest BCUT2D eigenvalue weighted by Gasteiger charge is 2.55. The minimum absolute atomic E-state index is 0.197. The Morgan fingerprint density at radius 2 is 1.72 bits per heavy atom. The second-order valence-electron chi connectivity index (χ2n) is 11.6. The average Bonchev–Trinajstić information content (AvgIpc) is 3.25. The molecule has 2 amide bonds. The van der Waals surface area contributed by atoms with E-state index in [2.05, 4.69) is 12.2 Å². The molecule has 1 fully saturated rings. The standard InChI is InChI=1S/C36H40N2O5/c1-3-8-25-21-30-34(31(22-39)33(25)32(41)18-13-23(2)19-24-9-7-12-29(40)20-24)36(43)38(35(30)42)28-16-14-27(15-17-28)37-26-10-5-4-6-11-26/h4-7,9-12,14-17,19-20,30-32,34,37,39-41H,3,8,13,18,21-22H2,1-2H3/b23-19+/t30-,31+,32-,34-/m1/s1. The zero-order valence-corrected chi connectivity index (χ0v) is 24.7. The number of phenols is 1. The van der Waals surface area contributed by atoms with E-state index in [9.17, 15) is 24.9 Å². The summed E-state index contributed by atoms with van der Waals surface area (Å²) >= 11 is 0. The van der Waals surface area contributed by atoms with Crippen molar-refractivity contribution in [3.63, 3.8) is 0 Å². The van der Waals surface area contributed by atoms with Crippen molar-refractivity contribution in [1.82, 2.24) is 0 Å². The lowest BCUT2D eigenvalue weighted by atomic mass is 9.67. The van der Waals surface area contributed by atoms with Crippen molar-refractivity contribution in [3.05, 3.63) is 101 Å². The van der Waals surface area contributed by atoms with Crippen LogP contribution in [0, 0.1) is 17.8 Å². The summed E-state index contributed by atoms with van der Waals surface area (Å²) in [6.45, 7) is 3.72. The quantitative estimate of drug-likeness (QED) is 0.150. The van der Waals surface area contributed by atoms with Gasteiger partial charge in [-0.1, -0.05) is 60.9 Å². The molecule has 7 nitrogen and oxygen atoms in total. The number of aliphatic hydroxyl groups excluding tert-OH is 2. The Labute approximate surface area is 253 Å². The zero-order valence-electron chi connectivity index (χ0n) is 24.7. The van der Waals surface area contributed by atoms with E-state index >= 15 is 0 Å². The lowest BCUT2D eigenvalue weighted by molar-refractivity contribution is -0.123. The number of aliphatic hydroxyl groups is 2. The Morgan fingerprint density at radius 3 is 2.40 bits per heavy atom. The predicted octanol–water partition coefficient (Wildman–Crippen LogP) is 6.59. The fourth-order valence-corrected chi connectivity index (χ4v) is 6.63.